The van der Waals surface area contributed by atoms with Gasteiger partial charge in [0.05, 0.1) is 12.1 Å². The Hall–Kier alpha value is -1.02. The van der Waals surface area contributed by atoms with E-state index in [4.69, 9.17) is 10.5 Å². The molecule has 2 nitrogen and oxygen atoms in total. The first-order valence-electron chi connectivity index (χ1n) is 3.91. The summed E-state index contributed by atoms with van der Waals surface area (Å²) in [7, 11) is 0. The lowest BCUT2D eigenvalue weighted by atomic mass is 9.89. The zero-order chi connectivity index (χ0) is 8.85. The average molecular weight is 150 g/mol. The van der Waals surface area contributed by atoms with E-state index in [1.807, 2.05) is 20.8 Å². The van der Waals surface area contributed by atoms with Crippen molar-refractivity contribution in [1.29, 1.82) is 10.5 Å². The zero-order valence-corrected chi connectivity index (χ0v) is 7.33. The molecular formula is C9H14N2. The van der Waals surface area contributed by atoms with Crippen molar-refractivity contribution in [2.75, 3.05) is 0 Å². The highest BCUT2D eigenvalue weighted by Gasteiger charge is 2.13. The van der Waals surface area contributed by atoms with E-state index < -0.39 is 0 Å². The molecule has 0 aliphatic rings. The Morgan fingerprint density at radius 1 is 1.09 bits per heavy atom. The van der Waals surface area contributed by atoms with Crippen LogP contribution in [-0.4, -0.2) is 0 Å². The summed E-state index contributed by atoms with van der Waals surface area (Å²) in [6, 6.07) is 4.35. The second kappa shape index (κ2) is 4.74. The number of nitrogens with zero attached hydrogens (tertiary/aromatic N) is 2. The maximum absolute atomic E-state index is 8.56. The summed E-state index contributed by atoms with van der Waals surface area (Å²) in [6.07, 6.45) is 0.825. The first-order chi connectivity index (χ1) is 5.11. The van der Waals surface area contributed by atoms with Gasteiger partial charge in [-0.1, -0.05) is 6.92 Å². The van der Waals surface area contributed by atoms with Crippen LogP contribution in [0.25, 0.3) is 0 Å². The standard InChI is InChI=1S/C9H14N2/c1-7(5-10)4-8(2)9(3)6-11/h7-9H,4H2,1-3H3. The van der Waals surface area contributed by atoms with Crippen molar-refractivity contribution in [2.24, 2.45) is 17.8 Å². The fourth-order valence-corrected chi connectivity index (χ4v) is 0.942. The van der Waals surface area contributed by atoms with Gasteiger partial charge in [0, 0.05) is 11.8 Å². The molecule has 0 aromatic heterocycles. The van der Waals surface area contributed by atoms with Crippen LogP contribution in [0.3, 0.4) is 0 Å². The molecule has 0 saturated carbocycles. The van der Waals surface area contributed by atoms with Crippen LogP contribution < -0.4 is 0 Å². The third kappa shape index (κ3) is 3.63. The third-order valence-electron chi connectivity index (χ3n) is 2.00. The normalized spacial score (nSPS) is 17.5. The van der Waals surface area contributed by atoms with Crippen molar-refractivity contribution in [2.45, 2.75) is 27.2 Å². The van der Waals surface area contributed by atoms with E-state index in [1.54, 1.807) is 0 Å². The minimum Gasteiger partial charge on any atom is -0.198 e. The fourth-order valence-electron chi connectivity index (χ4n) is 0.942. The molecule has 0 radical (unpaired) electrons. The van der Waals surface area contributed by atoms with Crippen molar-refractivity contribution < 1.29 is 0 Å². The van der Waals surface area contributed by atoms with Gasteiger partial charge in [-0.25, -0.2) is 0 Å². The van der Waals surface area contributed by atoms with Crippen LogP contribution in [0.2, 0.25) is 0 Å². The van der Waals surface area contributed by atoms with E-state index in [2.05, 4.69) is 12.1 Å². The molecule has 2 heteroatoms. The van der Waals surface area contributed by atoms with Crippen LogP contribution in [0.15, 0.2) is 0 Å². The van der Waals surface area contributed by atoms with Gasteiger partial charge in [-0.2, -0.15) is 10.5 Å². The monoisotopic (exact) mass is 150 g/mol. The van der Waals surface area contributed by atoms with E-state index in [0.717, 1.165) is 6.42 Å². The number of nitriles is 2. The first kappa shape index (κ1) is 9.98. The van der Waals surface area contributed by atoms with Crippen molar-refractivity contribution >= 4 is 0 Å². The maximum Gasteiger partial charge on any atom is 0.0655 e. The Bertz CT molecular complexity index is 185. The highest BCUT2D eigenvalue weighted by Crippen LogP contribution is 2.18. The molecule has 0 heterocycles. The summed E-state index contributed by atoms with van der Waals surface area (Å²) in [4.78, 5) is 0. The van der Waals surface area contributed by atoms with Gasteiger partial charge in [0.15, 0.2) is 0 Å². The van der Waals surface area contributed by atoms with Gasteiger partial charge in [-0.05, 0) is 26.2 Å². The van der Waals surface area contributed by atoms with E-state index in [0.29, 0.717) is 5.92 Å². The molecule has 0 aliphatic heterocycles. The Morgan fingerprint density at radius 3 is 2.00 bits per heavy atom. The molecule has 0 aromatic carbocycles. The van der Waals surface area contributed by atoms with Crippen molar-refractivity contribution in [3.8, 4) is 12.1 Å². The third-order valence-corrected chi connectivity index (χ3v) is 2.00. The lowest BCUT2D eigenvalue weighted by molar-refractivity contribution is 0.398. The van der Waals surface area contributed by atoms with E-state index >= 15 is 0 Å². The molecule has 3 atom stereocenters. The number of rotatable bonds is 3. The SMILES string of the molecule is CC(C#N)CC(C)C(C)C#N. The van der Waals surface area contributed by atoms with Crippen molar-refractivity contribution in [3.05, 3.63) is 0 Å². The first-order valence-corrected chi connectivity index (χ1v) is 3.91. The zero-order valence-electron chi connectivity index (χ0n) is 7.33. The summed E-state index contributed by atoms with van der Waals surface area (Å²) in [5.74, 6) is 0.459. The van der Waals surface area contributed by atoms with Crippen molar-refractivity contribution in [3.63, 3.8) is 0 Å². The van der Waals surface area contributed by atoms with Crippen molar-refractivity contribution in [1.82, 2.24) is 0 Å². The molecule has 0 saturated heterocycles. The molecule has 0 amide bonds. The van der Waals surface area contributed by atoms with Gasteiger partial charge in [0.1, 0.15) is 0 Å². The molecule has 0 aliphatic carbocycles. The molecule has 0 spiro atoms. The molecule has 0 rings (SSSR count). The number of hydrogen-bond donors (Lipinski definition) is 0. The Morgan fingerprint density at radius 2 is 1.64 bits per heavy atom. The van der Waals surface area contributed by atoms with Crippen LogP contribution >= 0.6 is 0 Å². The topological polar surface area (TPSA) is 47.6 Å². The smallest absolute Gasteiger partial charge is 0.0655 e. The molecule has 3 unspecified atom stereocenters. The largest absolute Gasteiger partial charge is 0.198 e. The van der Waals surface area contributed by atoms with Gasteiger partial charge >= 0.3 is 0 Å². The predicted molar refractivity (Wildman–Crippen MR) is 43.3 cm³/mol. The van der Waals surface area contributed by atoms with Gasteiger partial charge in [0.25, 0.3) is 0 Å². The highest BCUT2D eigenvalue weighted by atomic mass is 14.3. The fraction of sp³-hybridized carbons (Fsp3) is 0.778. The summed E-state index contributed by atoms with van der Waals surface area (Å²) in [5, 5.41) is 17.1. The molecule has 0 fully saturated rings. The molecular weight excluding hydrogens is 136 g/mol. The Labute approximate surface area is 68.4 Å². The van der Waals surface area contributed by atoms with E-state index in [9.17, 15) is 0 Å². The summed E-state index contributed by atoms with van der Waals surface area (Å²) >= 11 is 0. The maximum atomic E-state index is 8.56. The lowest BCUT2D eigenvalue weighted by Crippen LogP contribution is -2.09. The average Bonchev–Trinajstić information content (AvgIpc) is 2.02. The van der Waals surface area contributed by atoms with Crippen LogP contribution in [-0.2, 0) is 0 Å². The predicted octanol–water partition coefficient (Wildman–Crippen LogP) is 2.33. The minimum absolute atomic E-state index is 0.0609. The van der Waals surface area contributed by atoms with Gasteiger partial charge in [-0.3, -0.25) is 0 Å². The van der Waals surface area contributed by atoms with Crippen LogP contribution in [0, 0.1) is 40.4 Å². The molecule has 0 bridgehead atoms. The lowest BCUT2D eigenvalue weighted by Gasteiger charge is -2.13. The van der Waals surface area contributed by atoms with E-state index in [1.165, 1.54) is 0 Å². The van der Waals surface area contributed by atoms with Gasteiger partial charge in [0.2, 0.25) is 0 Å². The summed E-state index contributed by atoms with van der Waals surface area (Å²) in [6.45, 7) is 5.80. The van der Waals surface area contributed by atoms with Gasteiger partial charge in [-0.15, -0.1) is 0 Å². The highest BCUT2D eigenvalue weighted by molar-refractivity contribution is 4.87. The van der Waals surface area contributed by atoms with Crippen LogP contribution in [0.4, 0.5) is 0 Å². The molecule has 11 heavy (non-hydrogen) atoms. The van der Waals surface area contributed by atoms with Crippen LogP contribution in [0.5, 0.6) is 0 Å². The second-order valence-corrected chi connectivity index (χ2v) is 3.16. The Balaban J connectivity index is 3.81. The summed E-state index contributed by atoms with van der Waals surface area (Å²) < 4.78 is 0. The van der Waals surface area contributed by atoms with Crippen LogP contribution in [0.1, 0.15) is 27.2 Å². The number of hydrogen-bond acceptors (Lipinski definition) is 2. The molecule has 0 N–H and O–H groups in total. The molecule has 0 aromatic rings. The quantitative estimate of drug-likeness (QED) is 0.619. The van der Waals surface area contributed by atoms with Gasteiger partial charge < -0.3 is 0 Å². The Kier molecular flexibility index (Phi) is 4.30. The second-order valence-electron chi connectivity index (χ2n) is 3.16. The summed E-state index contributed by atoms with van der Waals surface area (Å²) in [5.41, 5.74) is 0. The minimum atomic E-state index is 0.0609. The van der Waals surface area contributed by atoms with E-state index in [-0.39, 0.29) is 11.8 Å². The molecule has 60 valence electrons.